The van der Waals surface area contributed by atoms with Gasteiger partial charge in [0.2, 0.25) is 0 Å². The van der Waals surface area contributed by atoms with Gasteiger partial charge in [0, 0.05) is 5.38 Å². The van der Waals surface area contributed by atoms with Crippen molar-refractivity contribution in [3.8, 4) is 11.5 Å². The fraction of sp³-hybridized carbons (Fsp3) is 0.308. The normalized spacial score (nSPS) is 12.2. The summed E-state index contributed by atoms with van der Waals surface area (Å²) in [7, 11) is 1.64. The van der Waals surface area contributed by atoms with E-state index in [9.17, 15) is 0 Å². The van der Waals surface area contributed by atoms with Crippen LogP contribution in [0, 0.1) is 0 Å². The summed E-state index contributed by atoms with van der Waals surface area (Å²) >= 11 is 7.29. The van der Waals surface area contributed by atoms with Gasteiger partial charge in [-0.05, 0) is 31.2 Å². The van der Waals surface area contributed by atoms with Gasteiger partial charge in [-0.15, -0.1) is 22.9 Å². The van der Waals surface area contributed by atoms with E-state index in [1.807, 2.05) is 36.6 Å². The second kappa shape index (κ2) is 6.07. The van der Waals surface area contributed by atoms with Gasteiger partial charge < -0.3 is 9.47 Å². The molecule has 96 valence electrons. The Balaban J connectivity index is 2.03. The van der Waals surface area contributed by atoms with Crippen LogP contribution in [0.4, 0.5) is 0 Å². The molecule has 2 rings (SSSR count). The molecular weight excluding hydrogens is 270 g/mol. The molecule has 3 nitrogen and oxygen atoms in total. The lowest BCUT2D eigenvalue weighted by Gasteiger charge is -2.12. The molecule has 1 heterocycles. The quantitative estimate of drug-likeness (QED) is 0.776. The highest BCUT2D eigenvalue weighted by Crippen LogP contribution is 2.26. The molecule has 1 aromatic heterocycles. The fourth-order valence-electron chi connectivity index (χ4n) is 1.48. The Morgan fingerprint density at radius 2 is 1.94 bits per heavy atom. The molecule has 0 saturated carbocycles. The third-order valence-electron chi connectivity index (χ3n) is 2.43. The summed E-state index contributed by atoms with van der Waals surface area (Å²) < 4.78 is 10.9. The zero-order valence-corrected chi connectivity index (χ0v) is 11.8. The molecule has 0 aliphatic carbocycles. The maximum absolute atomic E-state index is 5.81. The second-order valence-corrected chi connectivity index (χ2v) is 4.90. The third-order valence-corrected chi connectivity index (χ3v) is 3.75. The van der Waals surface area contributed by atoms with Crippen molar-refractivity contribution >= 4 is 22.9 Å². The first-order chi connectivity index (χ1) is 8.72. The van der Waals surface area contributed by atoms with Crippen LogP contribution in [0.2, 0.25) is 0 Å². The summed E-state index contributed by atoms with van der Waals surface area (Å²) in [6.07, 6.45) is -0.0830. The van der Waals surface area contributed by atoms with Crippen molar-refractivity contribution in [1.29, 1.82) is 0 Å². The average Bonchev–Trinajstić information content (AvgIpc) is 2.88. The number of rotatable bonds is 5. The number of halogens is 1. The van der Waals surface area contributed by atoms with Gasteiger partial charge in [0.15, 0.2) is 0 Å². The topological polar surface area (TPSA) is 31.4 Å². The van der Waals surface area contributed by atoms with Gasteiger partial charge in [-0.3, -0.25) is 0 Å². The summed E-state index contributed by atoms with van der Waals surface area (Å²) in [6, 6.07) is 7.50. The van der Waals surface area contributed by atoms with Crippen molar-refractivity contribution in [3.05, 3.63) is 40.3 Å². The Morgan fingerprint density at radius 1 is 1.28 bits per heavy atom. The number of ether oxygens (including phenoxy) is 2. The van der Waals surface area contributed by atoms with Crippen molar-refractivity contribution in [1.82, 2.24) is 4.98 Å². The molecule has 1 unspecified atom stereocenters. The predicted octanol–water partition coefficient (Wildman–Crippen LogP) is 4.03. The molecule has 18 heavy (non-hydrogen) atoms. The molecule has 1 aromatic carbocycles. The lowest BCUT2D eigenvalue weighted by Crippen LogP contribution is -2.02. The highest BCUT2D eigenvalue weighted by molar-refractivity contribution is 7.09. The van der Waals surface area contributed by atoms with Crippen LogP contribution >= 0.6 is 22.9 Å². The first-order valence-corrected chi connectivity index (χ1v) is 6.95. The van der Waals surface area contributed by atoms with E-state index in [0.29, 0.717) is 5.88 Å². The van der Waals surface area contributed by atoms with Crippen molar-refractivity contribution in [3.63, 3.8) is 0 Å². The van der Waals surface area contributed by atoms with E-state index >= 15 is 0 Å². The third kappa shape index (κ3) is 3.15. The van der Waals surface area contributed by atoms with Crippen molar-refractivity contribution in [2.75, 3.05) is 7.11 Å². The van der Waals surface area contributed by atoms with E-state index in [1.54, 1.807) is 18.4 Å². The molecule has 0 saturated heterocycles. The van der Waals surface area contributed by atoms with Gasteiger partial charge in [-0.25, -0.2) is 4.98 Å². The van der Waals surface area contributed by atoms with E-state index in [4.69, 9.17) is 21.1 Å². The highest BCUT2D eigenvalue weighted by Gasteiger charge is 2.12. The largest absolute Gasteiger partial charge is 0.497 e. The summed E-state index contributed by atoms with van der Waals surface area (Å²) in [4.78, 5) is 4.40. The Kier molecular flexibility index (Phi) is 4.44. The van der Waals surface area contributed by atoms with E-state index < -0.39 is 0 Å². The standard InChI is InChI=1S/C13H14ClNO2S/c1-9(13-15-10(7-14)8-18-13)17-12-5-3-11(16-2)4-6-12/h3-6,8-9H,7H2,1-2H3. The van der Waals surface area contributed by atoms with Crippen LogP contribution in [0.1, 0.15) is 23.7 Å². The van der Waals surface area contributed by atoms with Crippen LogP contribution in [0.3, 0.4) is 0 Å². The number of alkyl halides is 1. The molecule has 2 aromatic rings. The average molecular weight is 284 g/mol. The molecule has 0 aliphatic rings. The molecule has 5 heteroatoms. The zero-order chi connectivity index (χ0) is 13.0. The summed E-state index contributed by atoms with van der Waals surface area (Å²) in [5.41, 5.74) is 0.891. The number of thiazole rings is 1. The number of methoxy groups -OCH3 is 1. The first-order valence-electron chi connectivity index (χ1n) is 5.54. The summed E-state index contributed by atoms with van der Waals surface area (Å²) in [5, 5.41) is 2.89. The van der Waals surface area contributed by atoms with Gasteiger partial charge in [-0.1, -0.05) is 0 Å². The Bertz CT molecular complexity index is 498. The van der Waals surface area contributed by atoms with E-state index in [2.05, 4.69) is 4.98 Å². The number of benzene rings is 1. The predicted molar refractivity (Wildman–Crippen MR) is 73.7 cm³/mol. The number of hydrogen-bond donors (Lipinski definition) is 0. The Labute approximate surface area is 115 Å². The van der Waals surface area contributed by atoms with Gasteiger partial charge in [0.1, 0.15) is 22.6 Å². The van der Waals surface area contributed by atoms with Crippen LogP contribution in [-0.4, -0.2) is 12.1 Å². The smallest absolute Gasteiger partial charge is 0.147 e. The van der Waals surface area contributed by atoms with Crippen molar-refractivity contribution in [2.45, 2.75) is 18.9 Å². The summed E-state index contributed by atoms with van der Waals surface area (Å²) in [5.74, 6) is 2.05. The minimum absolute atomic E-state index is 0.0830. The minimum Gasteiger partial charge on any atom is -0.497 e. The van der Waals surface area contributed by atoms with E-state index in [-0.39, 0.29) is 6.10 Å². The maximum atomic E-state index is 5.81. The van der Waals surface area contributed by atoms with E-state index in [0.717, 1.165) is 22.2 Å². The van der Waals surface area contributed by atoms with Crippen LogP contribution in [0.5, 0.6) is 11.5 Å². The van der Waals surface area contributed by atoms with E-state index in [1.165, 1.54) is 0 Å². The van der Waals surface area contributed by atoms with Gasteiger partial charge >= 0.3 is 0 Å². The molecule has 0 amide bonds. The number of hydrogen-bond acceptors (Lipinski definition) is 4. The Morgan fingerprint density at radius 3 is 2.50 bits per heavy atom. The SMILES string of the molecule is COc1ccc(OC(C)c2nc(CCl)cs2)cc1. The molecule has 0 spiro atoms. The Hall–Kier alpha value is -1.26. The van der Waals surface area contributed by atoms with Crippen LogP contribution in [0.15, 0.2) is 29.6 Å². The number of aromatic nitrogens is 1. The lowest BCUT2D eigenvalue weighted by molar-refractivity contribution is 0.226. The van der Waals surface area contributed by atoms with Crippen LogP contribution in [-0.2, 0) is 5.88 Å². The lowest BCUT2D eigenvalue weighted by atomic mass is 10.3. The van der Waals surface area contributed by atoms with Crippen molar-refractivity contribution in [2.24, 2.45) is 0 Å². The monoisotopic (exact) mass is 283 g/mol. The van der Waals surface area contributed by atoms with Gasteiger partial charge in [0.05, 0.1) is 18.7 Å². The van der Waals surface area contributed by atoms with Crippen LogP contribution < -0.4 is 9.47 Å². The fourth-order valence-corrected chi connectivity index (χ4v) is 2.51. The second-order valence-electron chi connectivity index (χ2n) is 3.75. The molecule has 0 fully saturated rings. The summed E-state index contributed by atoms with van der Waals surface area (Å²) in [6.45, 7) is 1.97. The minimum atomic E-state index is -0.0830. The molecule has 0 N–H and O–H groups in total. The van der Waals surface area contributed by atoms with Gasteiger partial charge in [0.25, 0.3) is 0 Å². The first kappa shape index (κ1) is 13.2. The highest BCUT2D eigenvalue weighted by atomic mass is 35.5. The number of nitrogens with zero attached hydrogens (tertiary/aromatic N) is 1. The van der Waals surface area contributed by atoms with Crippen molar-refractivity contribution < 1.29 is 9.47 Å². The molecule has 0 bridgehead atoms. The molecule has 0 radical (unpaired) electrons. The maximum Gasteiger partial charge on any atom is 0.147 e. The molecule has 0 aliphatic heterocycles. The zero-order valence-electron chi connectivity index (χ0n) is 10.2. The van der Waals surface area contributed by atoms with Crippen LogP contribution in [0.25, 0.3) is 0 Å². The molecular formula is C13H14ClNO2S. The molecule has 1 atom stereocenters. The van der Waals surface area contributed by atoms with Gasteiger partial charge in [-0.2, -0.15) is 0 Å².